The predicted molar refractivity (Wildman–Crippen MR) is 77.7 cm³/mol. The first-order chi connectivity index (χ1) is 9.29. The van der Waals surface area contributed by atoms with Gasteiger partial charge in [0.2, 0.25) is 5.91 Å². The van der Waals surface area contributed by atoms with Gasteiger partial charge in [0.05, 0.1) is 5.92 Å². The van der Waals surface area contributed by atoms with E-state index in [1.54, 1.807) is 0 Å². The largest absolute Gasteiger partial charge is 0.492 e. The molecule has 3 nitrogen and oxygen atoms in total. The molecule has 19 heavy (non-hydrogen) atoms. The smallest absolute Gasteiger partial charge is 0.229 e. The highest BCUT2D eigenvalue weighted by Gasteiger charge is 2.36. The molecule has 0 N–H and O–H groups in total. The quantitative estimate of drug-likeness (QED) is 0.797. The Hall–Kier alpha value is -1.03. The monoisotopic (exact) mass is 323 g/mol. The van der Waals surface area contributed by atoms with Gasteiger partial charge in [0, 0.05) is 17.9 Å². The summed E-state index contributed by atoms with van der Waals surface area (Å²) in [5.74, 6) is 1.18. The molecular formula is C15H18BrNO2. The van der Waals surface area contributed by atoms with Crippen LogP contribution in [0.4, 0.5) is 0 Å². The van der Waals surface area contributed by atoms with E-state index >= 15 is 0 Å². The second-order valence-electron chi connectivity index (χ2n) is 5.27. The van der Waals surface area contributed by atoms with E-state index in [0.717, 1.165) is 42.5 Å². The van der Waals surface area contributed by atoms with E-state index in [4.69, 9.17) is 4.74 Å². The molecule has 1 aromatic rings. The molecule has 1 aliphatic heterocycles. The van der Waals surface area contributed by atoms with Crippen LogP contribution in [0.1, 0.15) is 18.4 Å². The number of benzene rings is 1. The minimum absolute atomic E-state index is 0.0189. The molecule has 0 radical (unpaired) electrons. The Morgan fingerprint density at radius 2 is 2.16 bits per heavy atom. The fraction of sp³-hybridized carbons (Fsp3) is 0.533. The molecule has 1 heterocycles. The highest BCUT2D eigenvalue weighted by Crippen LogP contribution is 2.32. The number of para-hydroxylation sites is 1. The molecule has 2 aliphatic rings. The molecule has 1 atom stereocenters. The minimum atomic E-state index is -0.0189. The van der Waals surface area contributed by atoms with Crippen molar-refractivity contribution in [1.82, 2.24) is 4.90 Å². The third kappa shape index (κ3) is 2.78. The number of alkyl halides is 1. The van der Waals surface area contributed by atoms with Crippen LogP contribution in [0.25, 0.3) is 0 Å². The van der Waals surface area contributed by atoms with Crippen LogP contribution in [0.3, 0.4) is 0 Å². The molecule has 1 amide bonds. The van der Waals surface area contributed by atoms with Crippen molar-refractivity contribution in [2.75, 3.05) is 18.5 Å². The standard InChI is InChI=1S/C15H18BrNO2/c16-7-8-17(13-5-6-13)15(18)12-9-11-3-1-2-4-14(11)19-10-12/h1-4,12-13H,5-10H2. The number of nitrogens with zero attached hydrogens (tertiary/aromatic N) is 1. The molecule has 1 aliphatic carbocycles. The van der Waals surface area contributed by atoms with Gasteiger partial charge in [0.15, 0.2) is 0 Å². The minimum Gasteiger partial charge on any atom is -0.492 e. The number of amides is 1. The third-order valence-corrected chi connectivity index (χ3v) is 4.18. The summed E-state index contributed by atoms with van der Waals surface area (Å²) >= 11 is 3.44. The van der Waals surface area contributed by atoms with E-state index in [-0.39, 0.29) is 11.8 Å². The molecule has 0 saturated heterocycles. The van der Waals surface area contributed by atoms with Crippen molar-refractivity contribution in [1.29, 1.82) is 0 Å². The normalized spacial score (nSPS) is 21.4. The van der Waals surface area contributed by atoms with Crippen LogP contribution in [0, 0.1) is 5.92 Å². The molecule has 1 aromatic carbocycles. The zero-order valence-electron chi connectivity index (χ0n) is 10.8. The average molecular weight is 324 g/mol. The summed E-state index contributed by atoms with van der Waals surface area (Å²) in [6.07, 6.45) is 3.12. The Morgan fingerprint density at radius 1 is 1.37 bits per heavy atom. The molecule has 102 valence electrons. The van der Waals surface area contributed by atoms with Crippen molar-refractivity contribution in [3.05, 3.63) is 29.8 Å². The van der Waals surface area contributed by atoms with Crippen molar-refractivity contribution < 1.29 is 9.53 Å². The van der Waals surface area contributed by atoms with Crippen LogP contribution in [0.2, 0.25) is 0 Å². The van der Waals surface area contributed by atoms with Gasteiger partial charge in [-0.2, -0.15) is 0 Å². The van der Waals surface area contributed by atoms with E-state index in [2.05, 4.69) is 22.0 Å². The van der Waals surface area contributed by atoms with Gasteiger partial charge < -0.3 is 9.64 Å². The Labute approximate surface area is 122 Å². The van der Waals surface area contributed by atoms with Crippen molar-refractivity contribution in [3.63, 3.8) is 0 Å². The summed E-state index contributed by atoms with van der Waals surface area (Å²) in [4.78, 5) is 14.6. The Bertz CT molecular complexity index is 473. The van der Waals surface area contributed by atoms with E-state index in [9.17, 15) is 4.79 Å². The second-order valence-corrected chi connectivity index (χ2v) is 6.06. The summed E-state index contributed by atoms with van der Waals surface area (Å²) in [6.45, 7) is 1.32. The number of halogens is 1. The van der Waals surface area contributed by atoms with Gasteiger partial charge in [-0.25, -0.2) is 0 Å². The first-order valence-corrected chi connectivity index (χ1v) is 7.99. The zero-order chi connectivity index (χ0) is 13.2. The molecule has 0 aromatic heterocycles. The average Bonchev–Trinajstić information content (AvgIpc) is 3.28. The van der Waals surface area contributed by atoms with Gasteiger partial charge >= 0.3 is 0 Å². The maximum Gasteiger partial charge on any atom is 0.229 e. The molecule has 1 saturated carbocycles. The topological polar surface area (TPSA) is 29.5 Å². The second kappa shape index (κ2) is 5.53. The molecule has 0 bridgehead atoms. The van der Waals surface area contributed by atoms with Crippen LogP contribution in [0.5, 0.6) is 5.75 Å². The van der Waals surface area contributed by atoms with Crippen LogP contribution in [-0.2, 0) is 11.2 Å². The highest BCUT2D eigenvalue weighted by molar-refractivity contribution is 9.09. The van der Waals surface area contributed by atoms with Crippen LogP contribution in [0.15, 0.2) is 24.3 Å². The zero-order valence-corrected chi connectivity index (χ0v) is 12.4. The fourth-order valence-corrected chi connectivity index (χ4v) is 3.05. The van der Waals surface area contributed by atoms with E-state index in [1.807, 2.05) is 23.1 Å². The number of fused-ring (bicyclic) bond motifs is 1. The van der Waals surface area contributed by atoms with Gasteiger partial charge in [-0.05, 0) is 30.9 Å². The van der Waals surface area contributed by atoms with Crippen molar-refractivity contribution in [3.8, 4) is 5.75 Å². The number of ether oxygens (including phenoxy) is 1. The molecule has 1 unspecified atom stereocenters. The first-order valence-electron chi connectivity index (χ1n) is 6.86. The molecule has 1 fully saturated rings. The number of hydrogen-bond donors (Lipinski definition) is 0. The van der Waals surface area contributed by atoms with Gasteiger partial charge in [0.25, 0.3) is 0 Å². The van der Waals surface area contributed by atoms with Gasteiger partial charge in [-0.15, -0.1) is 0 Å². The van der Waals surface area contributed by atoms with E-state index in [1.165, 1.54) is 0 Å². The molecule has 0 spiro atoms. The Kier molecular flexibility index (Phi) is 3.78. The molecular weight excluding hydrogens is 306 g/mol. The summed E-state index contributed by atoms with van der Waals surface area (Å²) in [7, 11) is 0. The maximum absolute atomic E-state index is 12.6. The van der Waals surface area contributed by atoms with E-state index < -0.39 is 0 Å². The summed E-state index contributed by atoms with van der Waals surface area (Å²) in [5.41, 5.74) is 1.15. The van der Waals surface area contributed by atoms with Crippen LogP contribution >= 0.6 is 15.9 Å². The molecule has 4 heteroatoms. The number of hydrogen-bond acceptors (Lipinski definition) is 2. The lowest BCUT2D eigenvalue weighted by Gasteiger charge is -2.30. The first kappa shape index (κ1) is 13.0. The lowest BCUT2D eigenvalue weighted by molar-refractivity contribution is -0.137. The number of carbonyl (C=O) groups excluding carboxylic acids is 1. The van der Waals surface area contributed by atoms with Gasteiger partial charge in [-0.1, -0.05) is 34.1 Å². The third-order valence-electron chi connectivity index (χ3n) is 3.82. The van der Waals surface area contributed by atoms with Crippen molar-refractivity contribution >= 4 is 21.8 Å². The van der Waals surface area contributed by atoms with E-state index in [0.29, 0.717) is 12.6 Å². The summed E-state index contributed by atoms with van der Waals surface area (Å²) < 4.78 is 5.73. The van der Waals surface area contributed by atoms with Gasteiger partial charge in [0.1, 0.15) is 12.4 Å². The van der Waals surface area contributed by atoms with Gasteiger partial charge in [-0.3, -0.25) is 4.79 Å². The maximum atomic E-state index is 12.6. The Balaban J connectivity index is 1.71. The lowest BCUT2D eigenvalue weighted by Crippen LogP contribution is -2.43. The highest BCUT2D eigenvalue weighted by atomic mass is 79.9. The Morgan fingerprint density at radius 3 is 2.89 bits per heavy atom. The van der Waals surface area contributed by atoms with Crippen LogP contribution < -0.4 is 4.74 Å². The fourth-order valence-electron chi connectivity index (χ4n) is 2.67. The number of carbonyl (C=O) groups is 1. The molecule has 3 rings (SSSR count). The predicted octanol–water partition coefficient (Wildman–Crippen LogP) is 2.62. The van der Waals surface area contributed by atoms with Crippen LogP contribution in [-0.4, -0.2) is 35.3 Å². The SMILES string of the molecule is O=C(C1COc2ccccc2C1)N(CCBr)C1CC1. The van der Waals surface area contributed by atoms with Crippen molar-refractivity contribution in [2.24, 2.45) is 5.92 Å². The summed E-state index contributed by atoms with van der Waals surface area (Å²) in [5, 5.41) is 0.847. The number of rotatable bonds is 4. The lowest BCUT2D eigenvalue weighted by atomic mass is 9.95. The van der Waals surface area contributed by atoms with Crippen molar-refractivity contribution in [2.45, 2.75) is 25.3 Å². The summed E-state index contributed by atoms with van der Waals surface area (Å²) in [6, 6.07) is 8.49.